The SMILES string of the molecule is CCCCCCCCCCCCCCCCCC(=O)OCCCCCCCCCCCCCCCCCCCC/C=C\CCCCCCCCCCCCCCCCCCCC(=O)NC(CO)C(O)CCCCCCCCCCCCCCC. The van der Waals surface area contributed by atoms with E-state index in [9.17, 15) is 19.8 Å². The van der Waals surface area contributed by atoms with E-state index in [1.807, 2.05) is 0 Å². The van der Waals surface area contributed by atoms with Crippen LogP contribution >= 0.6 is 0 Å². The monoisotopic (exact) mass is 1180 g/mol. The lowest BCUT2D eigenvalue weighted by Crippen LogP contribution is -2.45. The average molecular weight is 1190 g/mol. The van der Waals surface area contributed by atoms with Gasteiger partial charge in [0.2, 0.25) is 5.91 Å². The fraction of sp³-hybridized carbons (Fsp3) is 0.949. The number of allylic oxidation sites excluding steroid dienone is 2. The summed E-state index contributed by atoms with van der Waals surface area (Å²) in [6.07, 6.45) is 93.1. The summed E-state index contributed by atoms with van der Waals surface area (Å²) in [7, 11) is 0. The molecular weight excluding hydrogens is 1030 g/mol. The van der Waals surface area contributed by atoms with E-state index in [4.69, 9.17) is 4.74 Å². The van der Waals surface area contributed by atoms with Gasteiger partial charge in [0.25, 0.3) is 0 Å². The number of ether oxygens (including phenoxy) is 1. The third kappa shape index (κ3) is 69.7. The Labute approximate surface area is 527 Å². The number of aliphatic hydroxyl groups is 2. The summed E-state index contributed by atoms with van der Waals surface area (Å²) in [5.74, 6) is -0.00134. The van der Waals surface area contributed by atoms with Gasteiger partial charge >= 0.3 is 5.97 Å². The van der Waals surface area contributed by atoms with E-state index in [0.29, 0.717) is 25.9 Å². The number of hydrogen-bond donors (Lipinski definition) is 3. The van der Waals surface area contributed by atoms with Crippen LogP contribution in [0, 0.1) is 0 Å². The van der Waals surface area contributed by atoms with Crippen molar-refractivity contribution >= 4 is 11.9 Å². The molecule has 0 radical (unpaired) electrons. The van der Waals surface area contributed by atoms with Gasteiger partial charge in [-0.1, -0.05) is 398 Å². The van der Waals surface area contributed by atoms with E-state index in [-0.39, 0.29) is 18.5 Å². The highest BCUT2D eigenvalue weighted by Gasteiger charge is 2.20. The number of nitrogens with one attached hydrogen (secondary N) is 1. The normalized spacial score (nSPS) is 12.5. The standard InChI is InChI=1S/C78H153NO5/c1-3-5-7-9-11-13-15-17-43-48-52-56-60-64-68-72-78(83)84-73-69-65-61-57-53-49-45-42-40-38-36-34-32-30-28-26-24-22-20-18-19-21-23-25-27-29-31-33-35-37-39-41-44-47-51-55-59-63-67-71-77(82)79-75(74-80)76(81)70-66-62-58-54-50-46-16-14-12-10-8-6-4-2/h18-19,75-76,80-81H,3-17,20-74H2,1-2H3,(H,79,82)/b19-18-. The Morgan fingerprint density at radius 3 is 0.845 bits per heavy atom. The van der Waals surface area contributed by atoms with E-state index in [1.54, 1.807) is 0 Å². The zero-order valence-corrected chi connectivity index (χ0v) is 57.4. The molecule has 0 aliphatic heterocycles. The fourth-order valence-electron chi connectivity index (χ4n) is 12.6. The molecule has 0 saturated carbocycles. The van der Waals surface area contributed by atoms with Crippen LogP contribution in [-0.4, -0.2) is 47.4 Å². The minimum Gasteiger partial charge on any atom is -0.466 e. The largest absolute Gasteiger partial charge is 0.466 e. The number of carbonyl (C=O) groups excluding carboxylic acids is 2. The Morgan fingerprint density at radius 1 is 0.321 bits per heavy atom. The van der Waals surface area contributed by atoms with Crippen LogP contribution in [0.4, 0.5) is 0 Å². The van der Waals surface area contributed by atoms with Crippen molar-refractivity contribution in [2.45, 2.75) is 463 Å². The summed E-state index contributed by atoms with van der Waals surface area (Å²) in [6.45, 7) is 5.00. The van der Waals surface area contributed by atoms with Crippen molar-refractivity contribution in [2.24, 2.45) is 0 Å². The van der Waals surface area contributed by atoms with Gasteiger partial charge in [-0.2, -0.15) is 0 Å². The minimum atomic E-state index is -0.660. The predicted octanol–water partition coefficient (Wildman–Crippen LogP) is 25.5. The molecule has 0 aliphatic rings. The van der Waals surface area contributed by atoms with Crippen molar-refractivity contribution in [2.75, 3.05) is 13.2 Å². The smallest absolute Gasteiger partial charge is 0.305 e. The third-order valence-corrected chi connectivity index (χ3v) is 18.6. The summed E-state index contributed by atoms with van der Waals surface area (Å²) in [5.41, 5.74) is 0. The molecule has 0 spiro atoms. The molecule has 0 aromatic rings. The highest BCUT2D eigenvalue weighted by atomic mass is 16.5. The van der Waals surface area contributed by atoms with Gasteiger partial charge < -0.3 is 20.3 Å². The van der Waals surface area contributed by atoms with Gasteiger partial charge in [0.05, 0.1) is 25.4 Å². The van der Waals surface area contributed by atoms with Crippen LogP contribution in [0.1, 0.15) is 450 Å². The van der Waals surface area contributed by atoms with Gasteiger partial charge in [0.15, 0.2) is 0 Å². The number of aliphatic hydroxyl groups excluding tert-OH is 2. The number of hydrogen-bond acceptors (Lipinski definition) is 5. The molecule has 0 saturated heterocycles. The van der Waals surface area contributed by atoms with E-state index >= 15 is 0 Å². The van der Waals surface area contributed by atoms with Crippen LogP contribution in [0.25, 0.3) is 0 Å². The van der Waals surface area contributed by atoms with E-state index in [0.717, 1.165) is 38.5 Å². The van der Waals surface area contributed by atoms with Crippen LogP contribution < -0.4 is 5.32 Å². The number of unbranched alkanes of at least 4 members (excludes halogenated alkanes) is 61. The van der Waals surface area contributed by atoms with E-state index in [1.165, 1.54) is 379 Å². The minimum absolute atomic E-state index is 0.0264. The van der Waals surface area contributed by atoms with Crippen molar-refractivity contribution in [3.05, 3.63) is 12.2 Å². The second-order valence-electron chi connectivity index (χ2n) is 27.0. The lowest BCUT2D eigenvalue weighted by molar-refractivity contribution is -0.143. The molecule has 0 aromatic heterocycles. The molecule has 0 rings (SSSR count). The molecular formula is C78H153NO5. The lowest BCUT2D eigenvalue weighted by atomic mass is 10.0. The Hall–Kier alpha value is -1.40. The summed E-state index contributed by atoms with van der Waals surface area (Å²) in [6, 6.07) is -0.537. The predicted molar refractivity (Wildman–Crippen MR) is 370 cm³/mol. The molecule has 0 bridgehead atoms. The highest BCUT2D eigenvalue weighted by Crippen LogP contribution is 2.20. The quantitative estimate of drug-likeness (QED) is 0.0320. The first-order valence-corrected chi connectivity index (χ1v) is 38.9. The lowest BCUT2D eigenvalue weighted by Gasteiger charge is -2.22. The molecule has 6 nitrogen and oxygen atoms in total. The molecule has 2 unspecified atom stereocenters. The Kier molecular flexibility index (Phi) is 72.8. The van der Waals surface area contributed by atoms with Crippen molar-refractivity contribution in [1.29, 1.82) is 0 Å². The fourth-order valence-corrected chi connectivity index (χ4v) is 12.6. The van der Waals surface area contributed by atoms with E-state index in [2.05, 4.69) is 31.3 Å². The summed E-state index contributed by atoms with van der Waals surface area (Å²) < 4.78 is 5.51. The van der Waals surface area contributed by atoms with Crippen LogP contribution in [0.5, 0.6) is 0 Å². The van der Waals surface area contributed by atoms with Gasteiger partial charge in [-0.3, -0.25) is 9.59 Å². The Bertz CT molecular complexity index is 1270. The van der Waals surface area contributed by atoms with Gasteiger partial charge in [-0.15, -0.1) is 0 Å². The second kappa shape index (κ2) is 74.1. The first kappa shape index (κ1) is 82.6. The summed E-state index contributed by atoms with van der Waals surface area (Å²) in [4.78, 5) is 24.6. The van der Waals surface area contributed by atoms with Crippen LogP contribution in [0.3, 0.4) is 0 Å². The van der Waals surface area contributed by atoms with Crippen molar-refractivity contribution in [1.82, 2.24) is 5.32 Å². The first-order chi connectivity index (χ1) is 41.5. The molecule has 0 aromatic carbocycles. The van der Waals surface area contributed by atoms with Crippen LogP contribution in [0.2, 0.25) is 0 Å². The Morgan fingerprint density at radius 2 is 0.560 bits per heavy atom. The molecule has 84 heavy (non-hydrogen) atoms. The van der Waals surface area contributed by atoms with Gasteiger partial charge in [0, 0.05) is 12.8 Å². The van der Waals surface area contributed by atoms with Crippen molar-refractivity contribution in [3.63, 3.8) is 0 Å². The van der Waals surface area contributed by atoms with E-state index < -0.39 is 12.1 Å². The number of amides is 1. The molecule has 1 amide bonds. The van der Waals surface area contributed by atoms with Crippen molar-refractivity contribution < 1.29 is 24.5 Å². The third-order valence-electron chi connectivity index (χ3n) is 18.6. The van der Waals surface area contributed by atoms with Crippen LogP contribution in [0.15, 0.2) is 12.2 Å². The molecule has 3 N–H and O–H groups in total. The molecule has 500 valence electrons. The maximum atomic E-state index is 12.5. The maximum Gasteiger partial charge on any atom is 0.305 e. The second-order valence-corrected chi connectivity index (χ2v) is 27.0. The summed E-state index contributed by atoms with van der Waals surface area (Å²) >= 11 is 0. The molecule has 0 heterocycles. The first-order valence-electron chi connectivity index (χ1n) is 38.9. The number of carbonyl (C=O) groups is 2. The highest BCUT2D eigenvalue weighted by molar-refractivity contribution is 5.76. The number of esters is 1. The zero-order valence-electron chi connectivity index (χ0n) is 57.4. The molecule has 0 aliphatic carbocycles. The van der Waals surface area contributed by atoms with Crippen molar-refractivity contribution in [3.8, 4) is 0 Å². The topological polar surface area (TPSA) is 95.9 Å². The van der Waals surface area contributed by atoms with Gasteiger partial charge in [0.1, 0.15) is 0 Å². The maximum absolute atomic E-state index is 12.5. The number of rotatable bonds is 74. The zero-order chi connectivity index (χ0) is 60.6. The molecule has 2 atom stereocenters. The van der Waals surface area contributed by atoms with Gasteiger partial charge in [-0.05, 0) is 51.4 Å². The summed E-state index contributed by atoms with van der Waals surface area (Å²) in [5, 5.41) is 23.3. The molecule has 6 heteroatoms. The van der Waals surface area contributed by atoms with Crippen LogP contribution in [-0.2, 0) is 14.3 Å². The Balaban J connectivity index is 3.29. The molecule has 0 fully saturated rings. The van der Waals surface area contributed by atoms with Gasteiger partial charge in [-0.25, -0.2) is 0 Å². The average Bonchev–Trinajstić information content (AvgIpc) is 3.54.